The van der Waals surface area contributed by atoms with Gasteiger partial charge in [0.05, 0.1) is 11.8 Å². The van der Waals surface area contributed by atoms with Crippen molar-refractivity contribution in [3.8, 4) is 0 Å². The number of nitrogens with zero attached hydrogens (tertiary/aromatic N) is 1. The van der Waals surface area contributed by atoms with Crippen molar-refractivity contribution >= 4 is 11.6 Å². The van der Waals surface area contributed by atoms with Crippen LogP contribution in [0.25, 0.3) is 0 Å². The number of amides is 1. The summed E-state index contributed by atoms with van der Waals surface area (Å²) in [7, 11) is 0. The highest BCUT2D eigenvalue weighted by Crippen LogP contribution is 2.11. The summed E-state index contributed by atoms with van der Waals surface area (Å²) in [5.41, 5.74) is 6.86. The number of rotatable bonds is 6. The van der Waals surface area contributed by atoms with Crippen LogP contribution in [0.15, 0.2) is 12.3 Å². The molecule has 0 aromatic carbocycles. The monoisotopic (exact) mass is 239 g/mol. The Bertz CT molecular complexity index is 372. The number of aryl methyl sites for hydroxylation is 1. The summed E-state index contributed by atoms with van der Waals surface area (Å²) >= 11 is 0. The molecule has 5 nitrogen and oxygen atoms in total. The van der Waals surface area contributed by atoms with Gasteiger partial charge in [-0.05, 0) is 25.8 Å². The van der Waals surface area contributed by atoms with Crippen LogP contribution in [0, 0.1) is 0 Å². The van der Waals surface area contributed by atoms with Crippen LogP contribution in [0.4, 0.5) is 5.69 Å². The summed E-state index contributed by atoms with van der Waals surface area (Å²) in [4.78, 5) is 11.9. The molecule has 1 amide bonds. The third-order valence-electron chi connectivity index (χ3n) is 2.46. The number of carbonyl (C=O) groups is 1. The molecule has 0 aliphatic heterocycles. The maximum absolute atomic E-state index is 11.9. The van der Waals surface area contributed by atoms with Gasteiger partial charge in [-0.25, -0.2) is 0 Å². The summed E-state index contributed by atoms with van der Waals surface area (Å²) in [6.07, 6.45) is 2.87. The molecule has 0 aliphatic carbocycles. The number of nitrogens with one attached hydrogen (secondary N) is 1. The van der Waals surface area contributed by atoms with Gasteiger partial charge in [0.25, 0.3) is 5.91 Å². The predicted octanol–water partition coefficient (Wildman–Crippen LogP) is 0.981. The minimum Gasteiger partial charge on any atom is -0.397 e. The SMILES string of the molecule is CCCn1cc(N)cc1C(=O)NCCC(C)O. The van der Waals surface area contributed by atoms with E-state index in [1.54, 1.807) is 19.2 Å². The van der Waals surface area contributed by atoms with Crippen LogP contribution in [-0.4, -0.2) is 28.2 Å². The highest BCUT2D eigenvalue weighted by molar-refractivity contribution is 5.93. The standard InChI is InChI=1S/C12H21N3O2/c1-3-6-15-8-10(13)7-11(15)12(17)14-5-4-9(2)16/h7-9,16H,3-6,13H2,1-2H3,(H,14,17). The number of carbonyl (C=O) groups excluding carboxylic acids is 1. The molecule has 0 saturated heterocycles. The van der Waals surface area contributed by atoms with Gasteiger partial charge in [-0.2, -0.15) is 0 Å². The smallest absolute Gasteiger partial charge is 0.267 e. The van der Waals surface area contributed by atoms with E-state index in [1.807, 2.05) is 11.5 Å². The fourth-order valence-electron chi connectivity index (χ4n) is 1.63. The maximum Gasteiger partial charge on any atom is 0.267 e. The third-order valence-corrected chi connectivity index (χ3v) is 2.46. The van der Waals surface area contributed by atoms with Crippen molar-refractivity contribution in [2.24, 2.45) is 0 Å². The van der Waals surface area contributed by atoms with Crippen molar-refractivity contribution < 1.29 is 9.90 Å². The van der Waals surface area contributed by atoms with E-state index in [2.05, 4.69) is 5.32 Å². The number of aromatic nitrogens is 1. The molecule has 1 rings (SSSR count). The lowest BCUT2D eigenvalue weighted by molar-refractivity contribution is 0.0936. The molecule has 1 aromatic rings. The summed E-state index contributed by atoms with van der Waals surface area (Å²) in [6.45, 7) is 4.99. The largest absolute Gasteiger partial charge is 0.397 e. The zero-order valence-electron chi connectivity index (χ0n) is 10.4. The Balaban J connectivity index is 2.61. The molecule has 4 N–H and O–H groups in total. The van der Waals surface area contributed by atoms with Crippen LogP contribution in [0.1, 0.15) is 37.2 Å². The Morgan fingerprint density at radius 1 is 1.65 bits per heavy atom. The topological polar surface area (TPSA) is 80.3 Å². The normalized spacial score (nSPS) is 12.4. The minimum absolute atomic E-state index is 0.143. The zero-order chi connectivity index (χ0) is 12.8. The molecule has 1 aromatic heterocycles. The number of anilines is 1. The second-order valence-electron chi connectivity index (χ2n) is 4.25. The lowest BCUT2D eigenvalue weighted by Gasteiger charge is -2.09. The summed E-state index contributed by atoms with van der Waals surface area (Å²) < 4.78 is 1.85. The molecule has 0 radical (unpaired) electrons. The van der Waals surface area contributed by atoms with E-state index in [4.69, 9.17) is 10.8 Å². The number of hydrogen-bond donors (Lipinski definition) is 3. The number of nitrogen functional groups attached to an aromatic ring is 1. The number of aliphatic hydroxyl groups is 1. The van der Waals surface area contributed by atoms with Gasteiger partial charge in [-0.15, -0.1) is 0 Å². The third kappa shape index (κ3) is 4.11. The van der Waals surface area contributed by atoms with E-state index in [0.717, 1.165) is 13.0 Å². The van der Waals surface area contributed by atoms with Crippen LogP contribution in [0.2, 0.25) is 0 Å². The van der Waals surface area contributed by atoms with E-state index in [1.165, 1.54) is 0 Å². The van der Waals surface area contributed by atoms with Crippen molar-refractivity contribution in [1.29, 1.82) is 0 Å². The predicted molar refractivity (Wildman–Crippen MR) is 67.8 cm³/mol. The first-order valence-corrected chi connectivity index (χ1v) is 5.96. The summed E-state index contributed by atoms with van der Waals surface area (Å²) in [5, 5.41) is 11.9. The van der Waals surface area contributed by atoms with Gasteiger partial charge in [0.1, 0.15) is 5.69 Å². The average molecular weight is 239 g/mol. The first kappa shape index (κ1) is 13.6. The molecule has 17 heavy (non-hydrogen) atoms. The van der Waals surface area contributed by atoms with Crippen molar-refractivity contribution in [1.82, 2.24) is 9.88 Å². The van der Waals surface area contributed by atoms with Gasteiger partial charge >= 0.3 is 0 Å². The molecule has 0 bridgehead atoms. The van der Waals surface area contributed by atoms with Crippen molar-refractivity contribution in [2.75, 3.05) is 12.3 Å². The Hall–Kier alpha value is -1.49. The molecule has 5 heteroatoms. The Morgan fingerprint density at radius 2 is 2.35 bits per heavy atom. The second-order valence-corrected chi connectivity index (χ2v) is 4.25. The number of nitrogens with two attached hydrogens (primary N) is 1. The lowest BCUT2D eigenvalue weighted by Crippen LogP contribution is -2.28. The maximum atomic E-state index is 11.9. The highest BCUT2D eigenvalue weighted by atomic mass is 16.3. The molecule has 1 atom stereocenters. The van der Waals surface area contributed by atoms with Crippen molar-refractivity contribution in [3.05, 3.63) is 18.0 Å². The van der Waals surface area contributed by atoms with Crippen molar-refractivity contribution in [2.45, 2.75) is 39.3 Å². The van der Waals surface area contributed by atoms with Crippen molar-refractivity contribution in [3.63, 3.8) is 0 Å². The minimum atomic E-state index is -0.400. The Labute approximate surface area is 102 Å². The van der Waals surface area contributed by atoms with Crippen LogP contribution in [0.5, 0.6) is 0 Å². The number of aliphatic hydroxyl groups excluding tert-OH is 1. The molecular formula is C12H21N3O2. The summed E-state index contributed by atoms with van der Waals surface area (Å²) in [5.74, 6) is -0.143. The van der Waals surface area contributed by atoms with Crippen LogP contribution in [-0.2, 0) is 6.54 Å². The van der Waals surface area contributed by atoms with Gasteiger partial charge in [0.2, 0.25) is 0 Å². The van der Waals surface area contributed by atoms with Gasteiger partial charge < -0.3 is 20.7 Å². The first-order chi connectivity index (χ1) is 8.04. The highest BCUT2D eigenvalue weighted by Gasteiger charge is 2.12. The van der Waals surface area contributed by atoms with Gasteiger partial charge in [-0.3, -0.25) is 4.79 Å². The Morgan fingerprint density at radius 3 is 2.94 bits per heavy atom. The van der Waals surface area contributed by atoms with E-state index in [9.17, 15) is 4.79 Å². The molecule has 1 unspecified atom stereocenters. The fourth-order valence-corrected chi connectivity index (χ4v) is 1.63. The zero-order valence-corrected chi connectivity index (χ0v) is 10.4. The second kappa shape index (κ2) is 6.30. The molecule has 1 heterocycles. The van der Waals surface area contributed by atoms with Gasteiger partial charge in [0, 0.05) is 19.3 Å². The average Bonchev–Trinajstić information content (AvgIpc) is 2.59. The Kier molecular flexibility index (Phi) is 5.03. The molecule has 0 aliphatic rings. The summed E-state index contributed by atoms with van der Waals surface area (Å²) in [6, 6.07) is 1.67. The van der Waals surface area contributed by atoms with E-state index >= 15 is 0 Å². The molecule has 0 saturated carbocycles. The first-order valence-electron chi connectivity index (χ1n) is 5.96. The van der Waals surface area contributed by atoms with Gasteiger partial charge in [-0.1, -0.05) is 6.92 Å². The molecule has 96 valence electrons. The molecular weight excluding hydrogens is 218 g/mol. The van der Waals surface area contributed by atoms with Crippen LogP contribution in [0.3, 0.4) is 0 Å². The lowest BCUT2D eigenvalue weighted by atomic mass is 10.3. The van der Waals surface area contributed by atoms with E-state index < -0.39 is 6.10 Å². The quantitative estimate of drug-likeness (QED) is 0.692. The fraction of sp³-hybridized carbons (Fsp3) is 0.583. The van der Waals surface area contributed by atoms with E-state index in [0.29, 0.717) is 24.3 Å². The molecule has 0 spiro atoms. The van der Waals surface area contributed by atoms with Gasteiger partial charge in [0.15, 0.2) is 0 Å². The van der Waals surface area contributed by atoms with Crippen LogP contribution < -0.4 is 11.1 Å². The van der Waals surface area contributed by atoms with E-state index in [-0.39, 0.29) is 5.91 Å². The van der Waals surface area contributed by atoms with Crippen LogP contribution >= 0.6 is 0 Å². The number of hydrogen-bond acceptors (Lipinski definition) is 3. The molecule has 0 fully saturated rings.